The first-order valence-electron chi connectivity index (χ1n) is 6.18. The van der Waals surface area contributed by atoms with Crippen LogP contribution in [0.2, 0.25) is 0 Å². The van der Waals surface area contributed by atoms with E-state index in [1.165, 1.54) is 0 Å². The number of aromatic nitrogens is 1. The molecule has 1 atom stereocenters. The Labute approximate surface area is 107 Å². The fourth-order valence-corrected chi connectivity index (χ4v) is 2.37. The van der Waals surface area contributed by atoms with Gasteiger partial charge in [-0.2, -0.15) is 0 Å². The number of nitrogens with one attached hydrogen (secondary N) is 1. The second-order valence-electron chi connectivity index (χ2n) is 5.17. The molecule has 1 aromatic rings. The minimum atomic E-state index is -0.869. The largest absolute Gasteiger partial charge is 0.388 e. The molecule has 0 aliphatic carbocycles. The standard InChI is InChI=1S/C13H19N3O2/c1-13(2,18)11-4-3-9-16(11)12(17)15-10-5-7-14-8-6-10/h5-8,11,18H,3-4,9H2,1-2H3,(H,14,15,17). The number of hydrogen-bond acceptors (Lipinski definition) is 3. The maximum Gasteiger partial charge on any atom is 0.322 e. The Morgan fingerprint density at radius 1 is 1.50 bits per heavy atom. The number of carbonyl (C=O) groups is 1. The molecule has 0 radical (unpaired) electrons. The fraction of sp³-hybridized carbons (Fsp3) is 0.538. The van der Waals surface area contributed by atoms with E-state index in [0.717, 1.165) is 18.5 Å². The van der Waals surface area contributed by atoms with Crippen molar-refractivity contribution in [2.24, 2.45) is 0 Å². The number of carbonyl (C=O) groups excluding carboxylic acids is 1. The van der Waals surface area contributed by atoms with Crippen LogP contribution in [0, 0.1) is 0 Å². The Morgan fingerprint density at radius 2 is 2.17 bits per heavy atom. The second kappa shape index (κ2) is 4.94. The first kappa shape index (κ1) is 12.8. The molecular formula is C13H19N3O2. The van der Waals surface area contributed by atoms with E-state index in [4.69, 9.17) is 0 Å². The summed E-state index contributed by atoms with van der Waals surface area (Å²) in [4.78, 5) is 17.8. The van der Waals surface area contributed by atoms with Crippen LogP contribution < -0.4 is 5.32 Å². The van der Waals surface area contributed by atoms with E-state index in [2.05, 4.69) is 10.3 Å². The van der Waals surface area contributed by atoms with Gasteiger partial charge in [0.2, 0.25) is 0 Å². The number of pyridine rings is 1. The lowest BCUT2D eigenvalue weighted by atomic mass is 9.97. The van der Waals surface area contributed by atoms with Gasteiger partial charge in [0.05, 0.1) is 11.6 Å². The van der Waals surface area contributed by atoms with E-state index < -0.39 is 5.60 Å². The molecule has 0 saturated carbocycles. The van der Waals surface area contributed by atoms with Crippen molar-refractivity contribution in [3.05, 3.63) is 24.5 Å². The van der Waals surface area contributed by atoms with Crippen molar-refractivity contribution in [1.82, 2.24) is 9.88 Å². The number of hydrogen-bond donors (Lipinski definition) is 2. The van der Waals surface area contributed by atoms with Crippen LogP contribution in [0.15, 0.2) is 24.5 Å². The normalized spacial score (nSPS) is 19.9. The van der Waals surface area contributed by atoms with Gasteiger partial charge >= 0.3 is 6.03 Å². The zero-order valence-corrected chi connectivity index (χ0v) is 10.8. The first-order valence-corrected chi connectivity index (χ1v) is 6.18. The average Bonchev–Trinajstić information content (AvgIpc) is 2.79. The van der Waals surface area contributed by atoms with Gasteiger partial charge in [0.1, 0.15) is 0 Å². The highest BCUT2D eigenvalue weighted by atomic mass is 16.3. The van der Waals surface area contributed by atoms with Gasteiger partial charge in [-0.05, 0) is 38.8 Å². The monoisotopic (exact) mass is 249 g/mol. The topological polar surface area (TPSA) is 65.5 Å². The highest BCUT2D eigenvalue weighted by Gasteiger charge is 2.38. The zero-order valence-electron chi connectivity index (χ0n) is 10.8. The Hall–Kier alpha value is -1.62. The smallest absolute Gasteiger partial charge is 0.322 e. The quantitative estimate of drug-likeness (QED) is 0.840. The van der Waals surface area contributed by atoms with Crippen molar-refractivity contribution >= 4 is 11.7 Å². The highest BCUT2D eigenvalue weighted by Crippen LogP contribution is 2.27. The number of rotatable bonds is 2. The summed E-state index contributed by atoms with van der Waals surface area (Å²) in [5.74, 6) is 0. The molecule has 2 heterocycles. The Bertz CT molecular complexity index is 414. The van der Waals surface area contributed by atoms with Crippen molar-refractivity contribution in [1.29, 1.82) is 0 Å². The predicted molar refractivity (Wildman–Crippen MR) is 69.3 cm³/mol. The Kier molecular flexibility index (Phi) is 3.52. The van der Waals surface area contributed by atoms with Gasteiger partial charge in [-0.3, -0.25) is 4.98 Å². The first-order chi connectivity index (χ1) is 8.48. The summed E-state index contributed by atoms with van der Waals surface area (Å²) >= 11 is 0. The third-order valence-corrected chi connectivity index (χ3v) is 3.26. The Morgan fingerprint density at radius 3 is 2.78 bits per heavy atom. The third-order valence-electron chi connectivity index (χ3n) is 3.26. The van der Waals surface area contributed by atoms with Crippen LogP contribution in [0.1, 0.15) is 26.7 Å². The summed E-state index contributed by atoms with van der Waals surface area (Å²) in [5.41, 5.74) is -0.150. The summed E-state index contributed by atoms with van der Waals surface area (Å²) < 4.78 is 0. The molecule has 5 nitrogen and oxygen atoms in total. The fourth-order valence-electron chi connectivity index (χ4n) is 2.37. The van der Waals surface area contributed by atoms with E-state index in [9.17, 15) is 9.90 Å². The minimum Gasteiger partial charge on any atom is -0.388 e. The second-order valence-corrected chi connectivity index (χ2v) is 5.17. The Balaban J connectivity index is 2.05. The minimum absolute atomic E-state index is 0.126. The molecule has 1 aliphatic rings. The molecule has 0 aromatic carbocycles. The van der Waals surface area contributed by atoms with Gasteiger partial charge in [0.25, 0.3) is 0 Å². The zero-order chi connectivity index (χ0) is 13.2. The van der Waals surface area contributed by atoms with Gasteiger partial charge in [-0.25, -0.2) is 4.79 Å². The molecule has 2 rings (SSSR count). The van der Waals surface area contributed by atoms with Crippen LogP contribution in [-0.2, 0) is 0 Å². The predicted octanol–water partition coefficient (Wildman–Crippen LogP) is 1.85. The van der Waals surface area contributed by atoms with Gasteiger partial charge in [0, 0.05) is 24.6 Å². The number of urea groups is 1. The van der Waals surface area contributed by atoms with Crippen molar-refractivity contribution in [2.45, 2.75) is 38.3 Å². The molecular weight excluding hydrogens is 230 g/mol. The summed E-state index contributed by atoms with van der Waals surface area (Å²) in [5, 5.41) is 12.9. The van der Waals surface area contributed by atoms with E-state index in [1.54, 1.807) is 43.3 Å². The molecule has 0 bridgehead atoms. The maximum absolute atomic E-state index is 12.2. The number of nitrogens with zero attached hydrogens (tertiary/aromatic N) is 2. The van der Waals surface area contributed by atoms with Crippen LogP contribution >= 0.6 is 0 Å². The van der Waals surface area contributed by atoms with Crippen molar-refractivity contribution < 1.29 is 9.90 Å². The van der Waals surface area contributed by atoms with E-state index in [-0.39, 0.29) is 12.1 Å². The molecule has 5 heteroatoms. The lowest BCUT2D eigenvalue weighted by Gasteiger charge is -2.33. The molecule has 0 spiro atoms. The summed E-state index contributed by atoms with van der Waals surface area (Å²) in [6, 6.07) is 3.20. The molecule has 1 aromatic heterocycles. The number of likely N-dealkylation sites (tertiary alicyclic amines) is 1. The molecule has 1 fully saturated rings. The van der Waals surface area contributed by atoms with E-state index in [0.29, 0.717) is 6.54 Å². The van der Waals surface area contributed by atoms with Crippen LogP contribution in [-0.4, -0.2) is 39.2 Å². The SMILES string of the molecule is CC(C)(O)C1CCCN1C(=O)Nc1ccncc1. The van der Waals surface area contributed by atoms with Crippen molar-refractivity contribution in [3.8, 4) is 0 Å². The van der Waals surface area contributed by atoms with Crippen molar-refractivity contribution in [2.75, 3.05) is 11.9 Å². The van der Waals surface area contributed by atoms with Gasteiger partial charge in [-0.15, -0.1) is 0 Å². The number of amides is 2. The maximum atomic E-state index is 12.2. The van der Waals surface area contributed by atoms with Crippen LogP contribution in [0.4, 0.5) is 10.5 Å². The molecule has 1 unspecified atom stereocenters. The summed E-state index contributed by atoms with van der Waals surface area (Å²) in [7, 11) is 0. The third kappa shape index (κ3) is 2.79. The van der Waals surface area contributed by atoms with Crippen LogP contribution in [0.3, 0.4) is 0 Å². The number of anilines is 1. The van der Waals surface area contributed by atoms with E-state index in [1.807, 2.05) is 0 Å². The lowest BCUT2D eigenvalue weighted by Crippen LogP contribution is -2.49. The van der Waals surface area contributed by atoms with E-state index >= 15 is 0 Å². The average molecular weight is 249 g/mol. The molecule has 18 heavy (non-hydrogen) atoms. The van der Waals surface area contributed by atoms with Crippen molar-refractivity contribution in [3.63, 3.8) is 0 Å². The molecule has 2 N–H and O–H groups in total. The van der Waals surface area contributed by atoms with Gasteiger partial charge < -0.3 is 15.3 Å². The summed E-state index contributed by atoms with van der Waals surface area (Å²) in [6.07, 6.45) is 5.03. The molecule has 1 aliphatic heterocycles. The lowest BCUT2D eigenvalue weighted by molar-refractivity contribution is 0.0117. The van der Waals surface area contributed by atoms with Crippen LogP contribution in [0.25, 0.3) is 0 Å². The number of aliphatic hydroxyl groups is 1. The van der Waals surface area contributed by atoms with Gasteiger partial charge in [0.15, 0.2) is 0 Å². The summed E-state index contributed by atoms with van der Waals surface area (Å²) in [6.45, 7) is 4.18. The highest BCUT2D eigenvalue weighted by molar-refractivity contribution is 5.89. The molecule has 98 valence electrons. The van der Waals surface area contributed by atoms with Gasteiger partial charge in [-0.1, -0.05) is 0 Å². The molecule has 1 saturated heterocycles. The molecule has 2 amide bonds. The van der Waals surface area contributed by atoms with Crippen LogP contribution in [0.5, 0.6) is 0 Å².